The number of sulfonamides is 1. The molecule has 29 heavy (non-hydrogen) atoms. The molecule has 0 aromatic heterocycles. The molecule has 2 aromatic carbocycles. The number of rotatable bonds is 7. The summed E-state index contributed by atoms with van der Waals surface area (Å²) in [4.78, 5) is 24.4. The Labute approximate surface area is 183 Å². The first-order valence-electron chi connectivity index (χ1n) is 8.22. The Balaban J connectivity index is 2.27. The van der Waals surface area contributed by atoms with Gasteiger partial charge in [0.15, 0.2) is 0 Å². The second-order valence-corrected chi connectivity index (χ2v) is 8.99. The fraction of sp³-hybridized carbons (Fsp3) is 0.222. The summed E-state index contributed by atoms with van der Waals surface area (Å²) in [7, 11) is -3.85. The van der Waals surface area contributed by atoms with E-state index in [1.807, 2.05) is 0 Å². The van der Waals surface area contributed by atoms with Crippen LogP contribution >= 0.6 is 34.8 Å². The number of carbonyl (C=O) groups is 2. The van der Waals surface area contributed by atoms with Crippen LogP contribution in [0.5, 0.6) is 0 Å². The molecule has 0 fully saturated rings. The van der Waals surface area contributed by atoms with Crippen molar-refractivity contribution in [3.63, 3.8) is 0 Å². The summed E-state index contributed by atoms with van der Waals surface area (Å²) < 4.78 is 30.2. The van der Waals surface area contributed by atoms with Crippen molar-refractivity contribution in [1.82, 2.24) is 0 Å². The largest absolute Gasteiger partial charge is 0.462 e. The van der Waals surface area contributed by atoms with Crippen LogP contribution in [0.2, 0.25) is 15.1 Å². The topological polar surface area (TPSA) is 92.8 Å². The van der Waals surface area contributed by atoms with E-state index in [4.69, 9.17) is 39.5 Å². The normalized spacial score (nSPS) is 11.1. The number of esters is 1. The Kier molecular flexibility index (Phi) is 7.76. The lowest BCUT2D eigenvalue weighted by molar-refractivity contribution is -0.114. The maximum Gasteiger partial charge on any atom is 0.339 e. The van der Waals surface area contributed by atoms with Crippen molar-refractivity contribution >= 4 is 68.1 Å². The molecule has 2 aromatic rings. The van der Waals surface area contributed by atoms with Crippen LogP contribution in [0.1, 0.15) is 17.3 Å². The molecule has 0 saturated heterocycles. The lowest BCUT2D eigenvalue weighted by Gasteiger charge is -2.23. The molecule has 0 aliphatic carbocycles. The zero-order valence-electron chi connectivity index (χ0n) is 15.4. The molecule has 0 heterocycles. The van der Waals surface area contributed by atoms with E-state index >= 15 is 0 Å². The average Bonchev–Trinajstić information content (AvgIpc) is 2.63. The lowest BCUT2D eigenvalue weighted by atomic mass is 10.2. The van der Waals surface area contributed by atoms with E-state index in [1.54, 1.807) is 6.92 Å². The molecule has 0 aliphatic rings. The Morgan fingerprint density at radius 1 is 1.07 bits per heavy atom. The van der Waals surface area contributed by atoms with E-state index in [9.17, 15) is 18.0 Å². The van der Waals surface area contributed by atoms with Crippen LogP contribution in [-0.4, -0.2) is 39.7 Å². The number of benzene rings is 2. The number of nitrogens with one attached hydrogen (secondary N) is 1. The third-order valence-electron chi connectivity index (χ3n) is 3.61. The van der Waals surface area contributed by atoms with Gasteiger partial charge >= 0.3 is 5.97 Å². The first kappa shape index (κ1) is 23.3. The van der Waals surface area contributed by atoms with Gasteiger partial charge in [0, 0.05) is 10.7 Å². The van der Waals surface area contributed by atoms with Crippen molar-refractivity contribution in [2.45, 2.75) is 6.92 Å². The Morgan fingerprint density at radius 2 is 1.72 bits per heavy atom. The van der Waals surface area contributed by atoms with Crippen LogP contribution in [0.4, 0.5) is 11.4 Å². The lowest BCUT2D eigenvalue weighted by Crippen LogP contribution is -2.37. The number of nitrogens with zero attached hydrogens (tertiary/aromatic N) is 1. The number of amides is 1. The molecule has 0 radical (unpaired) electrons. The van der Waals surface area contributed by atoms with E-state index in [0.29, 0.717) is 0 Å². The molecule has 0 atom stereocenters. The molecular formula is C18H17Cl3N2O5S. The summed E-state index contributed by atoms with van der Waals surface area (Å²) in [6, 6.07) is 8.51. The molecule has 0 saturated carbocycles. The number of anilines is 2. The highest BCUT2D eigenvalue weighted by Crippen LogP contribution is 2.30. The summed E-state index contributed by atoms with van der Waals surface area (Å²) in [5.74, 6) is -1.30. The van der Waals surface area contributed by atoms with Gasteiger partial charge in [-0.05, 0) is 43.3 Å². The van der Waals surface area contributed by atoms with Crippen molar-refractivity contribution < 1.29 is 22.7 Å². The minimum atomic E-state index is -3.85. The summed E-state index contributed by atoms with van der Waals surface area (Å²) in [6.07, 6.45) is 0.943. The third kappa shape index (κ3) is 6.24. The van der Waals surface area contributed by atoms with Crippen LogP contribution in [0, 0.1) is 0 Å². The highest BCUT2D eigenvalue weighted by Gasteiger charge is 2.24. The predicted molar refractivity (Wildman–Crippen MR) is 115 cm³/mol. The van der Waals surface area contributed by atoms with Crippen LogP contribution in [0.25, 0.3) is 0 Å². The second kappa shape index (κ2) is 9.67. The number of hydrogen-bond acceptors (Lipinski definition) is 5. The van der Waals surface area contributed by atoms with Gasteiger partial charge in [0.2, 0.25) is 15.9 Å². The molecule has 2 rings (SSSR count). The predicted octanol–water partition coefficient (Wildman–Crippen LogP) is 4.23. The first-order chi connectivity index (χ1) is 13.5. The maximum absolute atomic E-state index is 12.5. The first-order valence-corrected chi connectivity index (χ1v) is 11.2. The minimum absolute atomic E-state index is 0.0696. The highest BCUT2D eigenvalue weighted by molar-refractivity contribution is 7.92. The Hall–Kier alpha value is -2.00. The third-order valence-corrected chi connectivity index (χ3v) is 5.62. The Bertz CT molecular complexity index is 1040. The standard InChI is InChI=1S/C18H17Cl3N2O5S/c1-3-28-18(25)13-9-12(5-7-14(13)20)22-17(24)10-23(29(2,26)27)16-8-11(19)4-6-15(16)21/h4-9H,3,10H2,1-2H3,(H,22,24). The van der Waals surface area contributed by atoms with Gasteiger partial charge in [0.1, 0.15) is 6.54 Å². The number of ether oxygens (including phenoxy) is 1. The van der Waals surface area contributed by atoms with Gasteiger partial charge in [-0.25, -0.2) is 13.2 Å². The molecule has 156 valence electrons. The minimum Gasteiger partial charge on any atom is -0.462 e. The van der Waals surface area contributed by atoms with Crippen molar-refractivity contribution in [3.05, 3.63) is 57.0 Å². The van der Waals surface area contributed by atoms with Gasteiger partial charge in [0.05, 0.1) is 34.2 Å². The van der Waals surface area contributed by atoms with Crippen molar-refractivity contribution in [2.24, 2.45) is 0 Å². The van der Waals surface area contributed by atoms with E-state index in [0.717, 1.165) is 10.6 Å². The number of halogens is 3. The fourth-order valence-corrected chi connectivity index (χ4v) is 3.85. The van der Waals surface area contributed by atoms with Crippen LogP contribution in [0.15, 0.2) is 36.4 Å². The Morgan fingerprint density at radius 3 is 2.34 bits per heavy atom. The SMILES string of the molecule is CCOC(=O)c1cc(NC(=O)CN(c2cc(Cl)ccc2Cl)S(C)(=O)=O)ccc1Cl. The van der Waals surface area contributed by atoms with E-state index in [-0.39, 0.29) is 38.6 Å². The molecule has 0 spiro atoms. The molecule has 0 unspecified atom stereocenters. The van der Waals surface area contributed by atoms with Crippen molar-refractivity contribution in [1.29, 1.82) is 0 Å². The number of hydrogen-bond donors (Lipinski definition) is 1. The monoisotopic (exact) mass is 478 g/mol. The quantitative estimate of drug-likeness (QED) is 0.600. The maximum atomic E-state index is 12.5. The van der Waals surface area contributed by atoms with Crippen LogP contribution < -0.4 is 9.62 Å². The molecule has 0 bridgehead atoms. The fourth-order valence-electron chi connectivity index (χ4n) is 2.36. The number of carbonyl (C=O) groups excluding carboxylic acids is 2. The summed E-state index contributed by atoms with van der Waals surface area (Å²) in [6.45, 7) is 1.25. The van der Waals surface area contributed by atoms with Gasteiger partial charge in [-0.2, -0.15) is 0 Å². The molecule has 7 nitrogen and oxygen atoms in total. The van der Waals surface area contributed by atoms with Gasteiger partial charge in [-0.3, -0.25) is 9.10 Å². The molecule has 0 aliphatic heterocycles. The van der Waals surface area contributed by atoms with Gasteiger partial charge in [-0.1, -0.05) is 34.8 Å². The van der Waals surface area contributed by atoms with Gasteiger partial charge in [-0.15, -0.1) is 0 Å². The molecule has 1 amide bonds. The average molecular weight is 480 g/mol. The summed E-state index contributed by atoms with van der Waals surface area (Å²) in [5, 5.41) is 3.06. The molecule has 1 N–H and O–H groups in total. The zero-order valence-corrected chi connectivity index (χ0v) is 18.5. The van der Waals surface area contributed by atoms with Crippen molar-refractivity contribution in [3.8, 4) is 0 Å². The summed E-state index contributed by atoms with van der Waals surface area (Å²) >= 11 is 18.0. The van der Waals surface area contributed by atoms with Crippen LogP contribution in [0.3, 0.4) is 0 Å². The molecule has 11 heteroatoms. The second-order valence-electron chi connectivity index (χ2n) is 5.83. The summed E-state index contributed by atoms with van der Waals surface area (Å²) in [5.41, 5.74) is 0.386. The van der Waals surface area contributed by atoms with E-state index in [1.165, 1.54) is 36.4 Å². The van der Waals surface area contributed by atoms with Crippen molar-refractivity contribution in [2.75, 3.05) is 29.0 Å². The van der Waals surface area contributed by atoms with Crippen LogP contribution in [-0.2, 0) is 19.6 Å². The highest BCUT2D eigenvalue weighted by atomic mass is 35.5. The van der Waals surface area contributed by atoms with E-state index in [2.05, 4.69) is 5.32 Å². The van der Waals surface area contributed by atoms with Gasteiger partial charge in [0.25, 0.3) is 0 Å². The smallest absolute Gasteiger partial charge is 0.339 e. The van der Waals surface area contributed by atoms with Gasteiger partial charge < -0.3 is 10.1 Å². The zero-order chi connectivity index (χ0) is 21.8. The van der Waals surface area contributed by atoms with E-state index < -0.39 is 28.4 Å². The molecular weight excluding hydrogens is 463 g/mol.